The maximum Gasteiger partial charge on any atom is 0.447 e. The maximum atomic E-state index is 7.82. The quantitative estimate of drug-likeness (QED) is 0.369. The molecular weight excluding hydrogens is 86.9 g/mol. The fourth-order valence-electron chi connectivity index (χ4n) is 0.0527. The van der Waals surface area contributed by atoms with E-state index >= 15 is 0 Å². The summed E-state index contributed by atoms with van der Waals surface area (Å²) in [6.07, 6.45) is 1.75. The second-order valence-electron chi connectivity index (χ2n) is 0.414. The van der Waals surface area contributed by atoms with Crippen LogP contribution in [0.4, 0.5) is 0 Å². The van der Waals surface area contributed by atoms with Crippen LogP contribution in [-0.4, -0.2) is 19.0 Å². The topological polar surface area (TPSA) is 29.5 Å². The molecule has 0 fully saturated rings. The summed E-state index contributed by atoms with van der Waals surface area (Å²) in [7, 11) is -0.193. The lowest BCUT2D eigenvalue weighted by Gasteiger charge is -1.81. The molecule has 0 rings (SSSR count). The Kier molecular flexibility index (Phi) is 4.63. The van der Waals surface area contributed by atoms with Crippen LogP contribution in [0.3, 0.4) is 0 Å². The first kappa shape index (κ1) is 5.33. The van der Waals surface area contributed by atoms with Gasteiger partial charge in [0.1, 0.15) is 0 Å². The summed E-state index contributed by atoms with van der Waals surface area (Å²) in [5.41, 5.74) is 0. The maximum absolute atomic E-state index is 7.82. The fourth-order valence-corrected chi connectivity index (χ4v) is 0.158. The van der Waals surface area contributed by atoms with Gasteiger partial charge in [0.2, 0.25) is 0 Å². The van der Waals surface area contributed by atoms with Crippen LogP contribution >= 0.6 is 12.0 Å². The summed E-state index contributed by atoms with van der Waals surface area (Å²) in [6, 6.07) is 0. The van der Waals surface area contributed by atoms with Crippen molar-refractivity contribution in [1.29, 1.82) is 0 Å². The van der Waals surface area contributed by atoms with Crippen LogP contribution < -0.4 is 0 Å². The highest BCUT2D eigenvalue weighted by Gasteiger charge is 1.73. The lowest BCUT2D eigenvalue weighted by atomic mass is 10.5. The van der Waals surface area contributed by atoms with Crippen molar-refractivity contribution in [2.24, 2.45) is 0 Å². The van der Waals surface area contributed by atoms with Gasteiger partial charge < -0.3 is 9.12 Å². The van der Waals surface area contributed by atoms with Crippen molar-refractivity contribution in [3.63, 3.8) is 0 Å². The van der Waals surface area contributed by atoms with Crippen molar-refractivity contribution in [2.75, 3.05) is 6.26 Å². The average molecular weight is 91.9 g/mol. The Morgan fingerprint density at radius 1 is 2.00 bits per heavy atom. The predicted octanol–water partition coefficient (Wildman–Crippen LogP) is -0.460. The van der Waals surface area contributed by atoms with Crippen molar-refractivity contribution in [1.82, 2.24) is 0 Å². The summed E-state index contributed by atoms with van der Waals surface area (Å²) in [6.45, 7) is 0. The molecule has 0 amide bonds. The summed E-state index contributed by atoms with van der Waals surface area (Å²) in [5, 5.41) is 7.82. The SMILES string of the molecule is CSOBO. The zero-order valence-corrected chi connectivity index (χ0v) is 3.79. The molecule has 0 heterocycles. The van der Waals surface area contributed by atoms with E-state index in [0.717, 1.165) is 12.0 Å². The molecule has 0 aliphatic carbocycles. The highest BCUT2D eigenvalue weighted by molar-refractivity contribution is 7.94. The predicted molar refractivity (Wildman–Crippen MR) is 24.0 cm³/mol. The molecule has 0 radical (unpaired) electrons. The smallest absolute Gasteiger partial charge is 0.429 e. The van der Waals surface area contributed by atoms with Crippen LogP contribution in [0, 0.1) is 0 Å². The molecule has 0 aromatic rings. The first-order chi connectivity index (χ1) is 2.41. The second-order valence-corrected chi connectivity index (χ2v) is 0.983. The van der Waals surface area contributed by atoms with E-state index < -0.39 is 0 Å². The van der Waals surface area contributed by atoms with E-state index in [0.29, 0.717) is 0 Å². The van der Waals surface area contributed by atoms with E-state index in [1.807, 2.05) is 0 Å². The van der Waals surface area contributed by atoms with Crippen molar-refractivity contribution < 1.29 is 9.12 Å². The summed E-state index contributed by atoms with van der Waals surface area (Å²) in [5.74, 6) is 0. The molecule has 0 saturated carbocycles. The Morgan fingerprint density at radius 3 is 2.60 bits per heavy atom. The molecule has 4 heteroatoms. The Bertz CT molecular complexity index is 17.1. The first-order valence-electron chi connectivity index (χ1n) is 1.18. The van der Waals surface area contributed by atoms with E-state index in [1.54, 1.807) is 6.26 Å². The van der Waals surface area contributed by atoms with E-state index in [-0.39, 0.29) is 7.69 Å². The van der Waals surface area contributed by atoms with Gasteiger partial charge in [0.15, 0.2) is 0 Å². The molecule has 1 N–H and O–H groups in total. The van der Waals surface area contributed by atoms with Crippen LogP contribution in [0.25, 0.3) is 0 Å². The third kappa shape index (κ3) is 4.33. The number of hydrogen-bond donors (Lipinski definition) is 1. The normalized spacial score (nSPS) is 7.60. The third-order valence-corrected chi connectivity index (χ3v) is 0.512. The summed E-state index contributed by atoms with van der Waals surface area (Å²) >= 11 is 1.15. The van der Waals surface area contributed by atoms with Crippen molar-refractivity contribution in [3.8, 4) is 0 Å². The first-order valence-corrected chi connectivity index (χ1v) is 2.33. The molecule has 0 saturated heterocycles. The van der Waals surface area contributed by atoms with Gasteiger partial charge >= 0.3 is 7.69 Å². The van der Waals surface area contributed by atoms with Crippen LogP contribution in [0.1, 0.15) is 0 Å². The van der Waals surface area contributed by atoms with Crippen LogP contribution in [0.15, 0.2) is 0 Å². The van der Waals surface area contributed by atoms with E-state index in [9.17, 15) is 0 Å². The molecule has 0 aliphatic heterocycles. The lowest BCUT2D eigenvalue weighted by Crippen LogP contribution is -1.84. The molecule has 0 bridgehead atoms. The van der Waals surface area contributed by atoms with Gasteiger partial charge in [-0.1, -0.05) is 0 Å². The molecular formula is CH5BO2S. The zero-order chi connectivity index (χ0) is 4.12. The highest BCUT2D eigenvalue weighted by atomic mass is 32.2. The van der Waals surface area contributed by atoms with E-state index in [4.69, 9.17) is 5.02 Å². The number of rotatable bonds is 2. The minimum atomic E-state index is -0.193. The van der Waals surface area contributed by atoms with Crippen LogP contribution in [0.5, 0.6) is 0 Å². The Morgan fingerprint density at radius 2 is 2.60 bits per heavy atom. The van der Waals surface area contributed by atoms with Gasteiger partial charge in [0, 0.05) is 6.26 Å². The second kappa shape index (κ2) is 4.33. The standard InChI is InChI=1S/CH5BO2S/c1-5-4-2-3/h2-3H,1H3. The molecule has 0 unspecified atom stereocenters. The van der Waals surface area contributed by atoms with Crippen LogP contribution in [-0.2, 0) is 4.10 Å². The monoisotopic (exact) mass is 92.0 g/mol. The highest BCUT2D eigenvalue weighted by Crippen LogP contribution is 1.86. The van der Waals surface area contributed by atoms with Crippen molar-refractivity contribution in [3.05, 3.63) is 0 Å². The number of hydrogen-bond acceptors (Lipinski definition) is 3. The molecule has 0 spiro atoms. The van der Waals surface area contributed by atoms with E-state index in [1.165, 1.54) is 0 Å². The Labute approximate surface area is 36.0 Å². The molecule has 0 aromatic carbocycles. The summed E-state index contributed by atoms with van der Waals surface area (Å²) < 4.78 is 4.31. The lowest BCUT2D eigenvalue weighted by molar-refractivity contribution is 0.492. The zero-order valence-electron chi connectivity index (χ0n) is 2.97. The molecule has 0 aromatic heterocycles. The Balaban J connectivity index is 2.19. The molecule has 2 nitrogen and oxygen atoms in total. The van der Waals surface area contributed by atoms with Gasteiger partial charge in [-0.2, -0.15) is 0 Å². The van der Waals surface area contributed by atoms with Gasteiger partial charge in [0.05, 0.1) is 0 Å². The molecule has 5 heavy (non-hydrogen) atoms. The largest absolute Gasteiger partial charge is 0.447 e. The minimum absolute atomic E-state index is 0.193. The summed E-state index contributed by atoms with van der Waals surface area (Å²) in [4.78, 5) is 0. The minimum Gasteiger partial charge on any atom is -0.429 e. The van der Waals surface area contributed by atoms with Gasteiger partial charge in [-0.05, 0) is 12.0 Å². The van der Waals surface area contributed by atoms with Crippen molar-refractivity contribution >= 4 is 19.7 Å². The van der Waals surface area contributed by atoms with Gasteiger partial charge in [-0.25, -0.2) is 0 Å². The van der Waals surface area contributed by atoms with Crippen LogP contribution in [0.2, 0.25) is 0 Å². The average Bonchev–Trinajstić information content (AvgIpc) is 1.41. The molecule has 0 atom stereocenters. The van der Waals surface area contributed by atoms with E-state index in [2.05, 4.69) is 4.10 Å². The Hall–Kier alpha value is 0.335. The third-order valence-electron chi connectivity index (χ3n) is 0.171. The van der Waals surface area contributed by atoms with Gasteiger partial charge in [-0.15, -0.1) is 0 Å². The van der Waals surface area contributed by atoms with Crippen molar-refractivity contribution in [2.45, 2.75) is 0 Å². The fraction of sp³-hybridized carbons (Fsp3) is 1.00. The van der Waals surface area contributed by atoms with Gasteiger partial charge in [0.25, 0.3) is 0 Å². The molecule has 0 aliphatic rings. The molecule has 30 valence electrons. The van der Waals surface area contributed by atoms with Gasteiger partial charge in [-0.3, -0.25) is 0 Å².